The highest BCUT2D eigenvalue weighted by molar-refractivity contribution is 7.98. The maximum atomic E-state index is 12.6. The standard InChI is InChI=1S/C22H27N3O2S/c26-21(15-25-12-13-27-20-9-2-1-8-19(20)25)24-18-7-5-6-17(14-18)16-28-22-10-3-4-11-23-22/h3-7,10-11,14,19-20H,1-2,8-9,12-13,15-16H2,(H,24,26). The van der Waals surface area contributed by atoms with Crippen molar-refractivity contribution < 1.29 is 9.53 Å². The van der Waals surface area contributed by atoms with Gasteiger partial charge in [-0.3, -0.25) is 9.69 Å². The minimum atomic E-state index is 0.0563. The molecule has 1 amide bonds. The number of morpholine rings is 1. The number of carbonyl (C=O) groups excluding carboxylic acids is 1. The van der Waals surface area contributed by atoms with Crippen molar-refractivity contribution in [3.63, 3.8) is 0 Å². The third-order valence-electron chi connectivity index (χ3n) is 5.43. The van der Waals surface area contributed by atoms with Crippen LogP contribution in [0, 0.1) is 0 Å². The normalized spacial score (nSPS) is 22.4. The summed E-state index contributed by atoms with van der Waals surface area (Å²) in [5.41, 5.74) is 2.03. The summed E-state index contributed by atoms with van der Waals surface area (Å²) >= 11 is 1.70. The lowest BCUT2D eigenvalue weighted by Gasteiger charge is -2.43. The number of anilines is 1. The largest absolute Gasteiger partial charge is 0.375 e. The molecule has 1 aliphatic heterocycles. The number of carbonyl (C=O) groups is 1. The van der Waals surface area contributed by atoms with Crippen molar-refractivity contribution in [1.82, 2.24) is 9.88 Å². The quantitative estimate of drug-likeness (QED) is 0.748. The van der Waals surface area contributed by atoms with Gasteiger partial charge in [-0.05, 0) is 42.7 Å². The molecule has 0 bridgehead atoms. The van der Waals surface area contributed by atoms with Gasteiger partial charge in [0.2, 0.25) is 5.91 Å². The summed E-state index contributed by atoms with van der Waals surface area (Å²) in [6, 6.07) is 14.4. The van der Waals surface area contributed by atoms with Crippen LogP contribution in [-0.4, -0.2) is 47.6 Å². The van der Waals surface area contributed by atoms with Gasteiger partial charge in [0.15, 0.2) is 0 Å². The fraction of sp³-hybridized carbons (Fsp3) is 0.455. The molecule has 148 valence electrons. The Kier molecular flexibility index (Phi) is 6.62. The van der Waals surface area contributed by atoms with E-state index in [9.17, 15) is 4.79 Å². The van der Waals surface area contributed by atoms with Crippen molar-refractivity contribution in [3.8, 4) is 0 Å². The van der Waals surface area contributed by atoms with Crippen molar-refractivity contribution in [1.29, 1.82) is 0 Å². The van der Waals surface area contributed by atoms with Gasteiger partial charge in [-0.15, -0.1) is 11.8 Å². The maximum Gasteiger partial charge on any atom is 0.238 e. The summed E-state index contributed by atoms with van der Waals surface area (Å²) in [7, 11) is 0. The molecule has 1 aromatic carbocycles. The van der Waals surface area contributed by atoms with Gasteiger partial charge in [0, 0.05) is 30.2 Å². The van der Waals surface area contributed by atoms with Crippen LogP contribution in [-0.2, 0) is 15.3 Å². The smallest absolute Gasteiger partial charge is 0.238 e. The Bertz CT molecular complexity index is 784. The van der Waals surface area contributed by atoms with Gasteiger partial charge < -0.3 is 10.1 Å². The van der Waals surface area contributed by atoms with Crippen LogP contribution >= 0.6 is 11.8 Å². The maximum absolute atomic E-state index is 12.6. The molecule has 2 heterocycles. The van der Waals surface area contributed by atoms with Crippen molar-refractivity contribution in [2.45, 2.75) is 48.6 Å². The number of pyridine rings is 1. The number of hydrogen-bond donors (Lipinski definition) is 1. The van der Waals surface area contributed by atoms with E-state index in [1.165, 1.54) is 18.4 Å². The first-order valence-electron chi connectivity index (χ1n) is 10.1. The molecule has 1 aromatic heterocycles. The molecule has 1 aliphatic carbocycles. The zero-order chi connectivity index (χ0) is 19.2. The molecule has 2 unspecified atom stereocenters. The first kappa shape index (κ1) is 19.4. The molecule has 2 aliphatic rings. The molecule has 2 fully saturated rings. The highest BCUT2D eigenvalue weighted by atomic mass is 32.2. The van der Waals surface area contributed by atoms with Gasteiger partial charge >= 0.3 is 0 Å². The number of thioether (sulfide) groups is 1. The SMILES string of the molecule is O=C(CN1CCOC2CCCCC21)Nc1cccc(CSc2ccccn2)c1. The third kappa shape index (κ3) is 5.13. The summed E-state index contributed by atoms with van der Waals surface area (Å²) in [4.78, 5) is 19.3. The minimum Gasteiger partial charge on any atom is -0.375 e. The van der Waals surface area contributed by atoms with Crippen LogP contribution in [0.4, 0.5) is 5.69 Å². The van der Waals surface area contributed by atoms with Crippen LogP contribution in [0.3, 0.4) is 0 Å². The Morgan fingerprint density at radius 2 is 2.14 bits per heavy atom. The molecule has 0 radical (unpaired) electrons. The fourth-order valence-corrected chi connectivity index (χ4v) is 4.89. The molecule has 2 aromatic rings. The lowest BCUT2D eigenvalue weighted by atomic mass is 9.90. The molecule has 2 atom stereocenters. The predicted molar refractivity (Wildman–Crippen MR) is 112 cm³/mol. The predicted octanol–water partition coefficient (Wildman–Crippen LogP) is 3.96. The molecule has 1 N–H and O–H groups in total. The Morgan fingerprint density at radius 1 is 1.21 bits per heavy atom. The second-order valence-corrected chi connectivity index (χ2v) is 8.43. The second kappa shape index (κ2) is 9.54. The number of nitrogens with zero attached hydrogens (tertiary/aromatic N) is 2. The third-order valence-corrected chi connectivity index (χ3v) is 6.44. The molecule has 0 spiro atoms. The van der Waals surface area contributed by atoms with E-state index >= 15 is 0 Å². The number of benzene rings is 1. The van der Waals surface area contributed by atoms with E-state index in [2.05, 4.69) is 27.3 Å². The van der Waals surface area contributed by atoms with Crippen LogP contribution in [0.15, 0.2) is 53.7 Å². The lowest BCUT2D eigenvalue weighted by Crippen LogP contribution is -2.54. The molecular weight excluding hydrogens is 370 g/mol. The Morgan fingerprint density at radius 3 is 3.04 bits per heavy atom. The van der Waals surface area contributed by atoms with Crippen LogP contribution in [0.1, 0.15) is 31.2 Å². The Labute approximate surface area is 170 Å². The summed E-state index contributed by atoms with van der Waals surface area (Å²) < 4.78 is 5.91. The molecule has 6 heteroatoms. The molecule has 28 heavy (non-hydrogen) atoms. The van der Waals surface area contributed by atoms with Crippen LogP contribution in [0.2, 0.25) is 0 Å². The van der Waals surface area contributed by atoms with E-state index in [1.54, 1.807) is 11.8 Å². The monoisotopic (exact) mass is 397 g/mol. The van der Waals surface area contributed by atoms with Gasteiger partial charge in [0.25, 0.3) is 0 Å². The summed E-state index contributed by atoms with van der Waals surface area (Å²) in [6.45, 7) is 2.02. The van der Waals surface area contributed by atoms with Gasteiger partial charge in [0.1, 0.15) is 0 Å². The first-order chi connectivity index (χ1) is 13.8. The lowest BCUT2D eigenvalue weighted by molar-refractivity contribution is -0.124. The number of fused-ring (bicyclic) bond motifs is 1. The highest BCUT2D eigenvalue weighted by Crippen LogP contribution is 2.28. The number of rotatable bonds is 6. The van der Waals surface area contributed by atoms with Gasteiger partial charge in [0.05, 0.1) is 24.3 Å². The number of nitrogens with one attached hydrogen (secondary N) is 1. The molecule has 4 rings (SSSR count). The fourth-order valence-electron chi connectivity index (χ4n) is 4.09. The number of hydrogen-bond acceptors (Lipinski definition) is 5. The first-order valence-corrected chi connectivity index (χ1v) is 11.0. The average molecular weight is 398 g/mol. The summed E-state index contributed by atoms with van der Waals surface area (Å²) in [5.74, 6) is 0.884. The molecule has 1 saturated heterocycles. The van der Waals surface area contributed by atoms with E-state index in [4.69, 9.17) is 4.74 Å². The van der Waals surface area contributed by atoms with E-state index in [1.807, 2.05) is 36.5 Å². The summed E-state index contributed by atoms with van der Waals surface area (Å²) in [5, 5.41) is 4.08. The topological polar surface area (TPSA) is 54.5 Å². The van der Waals surface area contributed by atoms with Crippen LogP contribution in [0.5, 0.6) is 0 Å². The van der Waals surface area contributed by atoms with Crippen molar-refractivity contribution in [2.75, 3.05) is 25.0 Å². The van der Waals surface area contributed by atoms with Gasteiger partial charge in [-0.1, -0.05) is 31.0 Å². The van der Waals surface area contributed by atoms with E-state index in [-0.39, 0.29) is 5.91 Å². The average Bonchev–Trinajstić information content (AvgIpc) is 2.73. The Hall–Kier alpha value is -1.89. The summed E-state index contributed by atoms with van der Waals surface area (Å²) in [6.07, 6.45) is 6.85. The number of aromatic nitrogens is 1. The Balaban J connectivity index is 1.31. The van der Waals surface area contributed by atoms with E-state index in [0.29, 0.717) is 18.7 Å². The molecule has 1 saturated carbocycles. The number of ether oxygens (including phenoxy) is 1. The van der Waals surface area contributed by atoms with E-state index in [0.717, 1.165) is 42.5 Å². The van der Waals surface area contributed by atoms with Crippen molar-refractivity contribution in [2.24, 2.45) is 0 Å². The highest BCUT2D eigenvalue weighted by Gasteiger charge is 2.34. The van der Waals surface area contributed by atoms with Gasteiger partial charge in [-0.25, -0.2) is 4.98 Å². The van der Waals surface area contributed by atoms with Crippen LogP contribution < -0.4 is 5.32 Å². The number of amides is 1. The van der Waals surface area contributed by atoms with Crippen LogP contribution in [0.25, 0.3) is 0 Å². The van der Waals surface area contributed by atoms with Crippen molar-refractivity contribution >= 4 is 23.4 Å². The molecular formula is C22H27N3O2S. The zero-order valence-electron chi connectivity index (χ0n) is 16.0. The van der Waals surface area contributed by atoms with Crippen molar-refractivity contribution in [3.05, 3.63) is 54.2 Å². The molecule has 5 nitrogen and oxygen atoms in total. The minimum absolute atomic E-state index is 0.0563. The zero-order valence-corrected chi connectivity index (χ0v) is 16.9. The van der Waals surface area contributed by atoms with E-state index < -0.39 is 0 Å². The van der Waals surface area contributed by atoms with Gasteiger partial charge in [-0.2, -0.15) is 0 Å². The second-order valence-electron chi connectivity index (χ2n) is 7.44.